The summed E-state index contributed by atoms with van der Waals surface area (Å²) >= 11 is 1.83. The van der Waals surface area contributed by atoms with Gasteiger partial charge in [-0.25, -0.2) is 4.39 Å². The highest BCUT2D eigenvalue weighted by atomic mass is 32.2. The number of aryl methyl sites for hydroxylation is 2. The van der Waals surface area contributed by atoms with Crippen molar-refractivity contribution in [3.63, 3.8) is 0 Å². The summed E-state index contributed by atoms with van der Waals surface area (Å²) in [5, 5.41) is 3.54. The Morgan fingerprint density at radius 3 is 2.68 bits per heavy atom. The highest BCUT2D eigenvalue weighted by Crippen LogP contribution is 2.37. The first-order valence-corrected chi connectivity index (χ1v) is 9.97. The second-order valence-electron chi connectivity index (χ2n) is 6.93. The largest absolute Gasteiger partial charge is 0.273 e. The molecule has 1 heterocycles. The van der Waals surface area contributed by atoms with Crippen molar-refractivity contribution in [1.82, 2.24) is 0 Å². The van der Waals surface area contributed by atoms with Gasteiger partial charge in [0.2, 0.25) is 0 Å². The second kappa shape index (κ2) is 7.33. The van der Waals surface area contributed by atoms with Crippen molar-refractivity contribution in [1.29, 1.82) is 0 Å². The van der Waals surface area contributed by atoms with Crippen LogP contribution in [0.15, 0.2) is 41.4 Å². The number of hydrogen-bond acceptors (Lipinski definition) is 2. The van der Waals surface area contributed by atoms with Crippen LogP contribution in [0.2, 0.25) is 0 Å². The van der Waals surface area contributed by atoms with E-state index in [-0.39, 0.29) is 11.9 Å². The summed E-state index contributed by atoms with van der Waals surface area (Å²) in [6.45, 7) is 12.7. The monoisotopic (exact) mass is 355 g/mol. The van der Waals surface area contributed by atoms with Crippen LogP contribution in [-0.2, 0) is 6.42 Å². The second-order valence-corrected chi connectivity index (χ2v) is 8.06. The van der Waals surface area contributed by atoms with Gasteiger partial charge in [0.15, 0.2) is 0 Å². The number of halogens is 1. The Morgan fingerprint density at radius 1 is 1.24 bits per heavy atom. The summed E-state index contributed by atoms with van der Waals surface area (Å²) in [5.41, 5.74) is 4.29. The van der Waals surface area contributed by atoms with Crippen LogP contribution >= 0.6 is 11.8 Å². The molecular formula is C22H26FNS. The minimum Gasteiger partial charge on any atom is -0.273 e. The summed E-state index contributed by atoms with van der Waals surface area (Å²) < 4.78 is 14.1. The maximum Gasteiger partial charge on any atom is 0.127 e. The fraction of sp³-hybridized carbons (Fsp3) is 0.409. The first-order chi connectivity index (χ1) is 11.9. The van der Waals surface area contributed by atoms with E-state index in [1.54, 1.807) is 6.07 Å². The number of fused-ring (bicyclic) bond motifs is 1. The van der Waals surface area contributed by atoms with Gasteiger partial charge in [0.25, 0.3) is 0 Å². The molecule has 0 radical (unpaired) electrons. The Balaban J connectivity index is 1.98. The van der Waals surface area contributed by atoms with Gasteiger partial charge in [-0.05, 0) is 72.9 Å². The Labute approximate surface area is 154 Å². The van der Waals surface area contributed by atoms with E-state index in [1.807, 2.05) is 31.7 Å². The average Bonchev–Trinajstić information content (AvgIpc) is 2.97. The molecule has 2 aromatic rings. The molecule has 0 aliphatic carbocycles. The first kappa shape index (κ1) is 18.2. The normalized spacial score (nSPS) is 20.1. The average molecular weight is 356 g/mol. The molecule has 0 amide bonds. The number of rotatable bonds is 5. The SMILES string of the molecule is C=C(CCC)C1SC(c2cc(C)c3cc(F)c(CC)cc3c2)=NC1C. The van der Waals surface area contributed by atoms with Crippen LogP contribution < -0.4 is 0 Å². The standard InChI is InChI=1S/C22H26FNS/c1-6-8-13(3)21-15(5)24-22(25-21)18-9-14(4)19-12-20(23)16(7-2)10-17(19)11-18/h9-12,15,21H,3,6-8H2,1-2,4-5H3. The van der Waals surface area contributed by atoms with Crippen molar-refractivity contribution in [2.75, 3.05) is 0 Å². The zero-order valence-corrected chi connectivity index (χ0v) is 16.3. The topological polar surface area (TPSA) is 12.4 Å². The van der Waals surface area contributed by atoms with E-state index in [2.05, 4.69) is 32.6 Å². The molecule has 0 N–H and O–H groups in total. The molecule has 2 unspecified atom stereocenters. The van der Waals surface area contributed by atoms with Crippen molar-refractivity contribution >= 4 is 27.6 Å². The lowest BCUT2D eigenvalue weighted by atomic mass is 9.98. The molecule has 0 saturated heterocycles. The first-order valence-electron chi connectivity index (χ1n) is 9.09. The quantitative estimate of drug-likeness (QED) is 0.561. The molecule has 0 fully saturated rings. The molecule has 132 valence electrons. The molecule has 3 heteroatoms. The maximum atomic E-state index is 14.1. The number of nitrogens with zero attached hydrogens (tertiary/aromatic N) is 1. The molecule has 1 aliphatic rings. The van der Waals surface area contributed by atoms with E-state index in [1.165, 1.54) is 5.57 Å². The van der Waals surface area contributed by atoms with Crippen molar-refractivity contribution in [3.8, 4) is 0 Å². The molecule has 0 saturated carbocycles. The van der Waals surface area contributed by atoms with E-state index >= 15 is 0 Å². The number of thioether (sulfide) groups is 1. The minimum absolute atomic E-state index is 0.108. The predicted octanol–water partition coefficient (Wildman–Crippen LogP) is 6.46. The van der Waals surface area contributed by atoms with Crippen molar-refractivity contribution in [2.24, 2.45) is 4.99 Å². The summed E-state index contributed by atoms with van der Waals surface area (Å²) in [5.74, 6) is -0.108. The van der Waals surface area contributed by atoms with Gasteiger partial charge in [0, 0.05) is 5.56 Å². The van der Waals surface area contributed by atoms with E-state index in [0.717, 1.165) is 45.3 Å². The third-order valence-electron chi connectivity index (χ3n) is 4.93. The predicted molar refractivity (Wildman–Crippen MR) is 109 cm³/mol. The van der Waals surface area contributed by atoms with Gasteiger partial charge in [0.1, 0.15) is 5.82 Å². The van der Waals surface area contributed by atoms with Crippen LogP contribution in [0, 0.1) is 12.7 Å². The Bertz CT molecular complexity index is 853. The van der Waals surface area contributed by atoms with E-state index in [9.17, 15) is 4.39 Å². The number of benzene rings is 2. The van der Waals surface area contributed by atoms with Crippen LogP contribution in [0.3, 0.4) is 0 Å². The molecule has 3 rings (SSSR count). The maximum absolute atomic E-state index is 14.1. The molecule has 2 aromatic carbocycles. The summed E-state index contributed by atoms with van der Waals surface area (Å²) in [7, 11) is 0. The zero-order chi connectivity index (χ0) is 18.1. The van der Waals surface area contributed by atoms with Gasteiger partial charge in [-0.3, -0.25) is 4.99 Å². The minimum atomic E-state index is -0.108. The van der Waals surface area contributed by atoms with Gasteiger partial charge in [-0.15, -0.1) is 0 Å². The van der Waals surface area contributed by atoms with E-state index < -0.39 is 0 Å². The fourth-order valence-corrected chi connectivity index (χ4v) is 4.81. The van der Waals surface area contributed by atoms with E-state index in [4.69, 9.17) is 4.99 Å². The molecule has 1 aliphatic heterocycles. The molecule has 0 aromatic heterocycles. The highest BCUT2D eigenvalue weighted by molar-refractivity contribution is 8.15. The lowest BCUT2D eigenvalue weighted by Gasteiger charge is -2.15. The van der Waals surface area contributed by atoms with Gasteiger partial charge >= 0.3 is 0 Å². The number of aliphatic imine (C=N–C) groups is 1. The van der Waals surface area contributed by atoms with Gasteiger partial charge < -0.3 is 0 Å². The summed E-state index contributed by atoms with van der Waals surface area (Å²) in [6.07, 6.45) is 2.88. The third kappa shape index (κ3) is 3.52. The van der Waals surface area contributed by atoms with Crippen molar-refractivity contribution < 1.29 is 4.39 Å². The third-order valence-corrected chi connectivity index (χ3v) is 6.47. The molecular weight excluding hydrogens is 329 g/mol. The van der Waals surface area contributed by atoms with Crippen molar-refractivity contribution in [3.05, 3.63) is 58.9 Å². The van der Waals surface area contributed by atoms with Gasteiger partial charge in [-0.2, -0.15) is 0 Å². The van der Waals surface area contributed by atoms with Crippen LogP contribution in [-0.4, -0.2) is 16.3 Å². The van der Waals surface area contributed by atoms with Gasteiger partial charge in [0.05, 0.1) is 16.3 Å². The van der Waals surface area contributed by atoms with Gasteiger partial charge in [-0.1, -0.05) is 44.2 Å². The number of hydrogen-bond donors (Lipinski definition) is 0. The Hall–Kier alpha value is -1.61. The van der Waals surface area contributed by atoms with E-state index in [0.29, 0.717) is 11.7 Å². The Kier molecular flexibility index (Phi) is 5.33. The smallest absolute Gasteiger partial charge is 0.127 e. The summed E-state index contributed by atoms with van der Waals surface area (Å²) in [6, 6.07) is 8.21. The Morgan fingerprint density at radius 2 is 2.00 bits per heavy atom. The van der Waals surface area contributed by atoms with Crippen LogP contribution in [0.1, 0.15) is 50.3 Å². The lowest BCUT2D eigenvalue weighted by molar-refractivity contribution is 0.614. The molecule has 0 bridgehead atoms. The van der Waals surface area contributed by atoms with Crippen LogP contribution in [0.4, 0.5) is 4.39 Å². The molecule has 0 spiro atoms. The molecule has 1 nitrogen and oxygen atoms in total. The zero-order valence-electron chi connectivity index (χ0n) is 15.5. The summed E-state index contributed by atoms with van der Waals surface area (Å²) in [4.78, 5) is 4.90. The van der Waals surface area contributed by atoms with Crippen LogP contribution in [0.25, 0.3) is 10.8 Å². The highest BCUT2D eigenvalue weighted by Gasteiger charge is 2.29. The molecule has 25 heavy (non-hydrogen) atoms. The molecule has 2 atom stereocenters. The van der Waals surface area contributed by atoms with Crippen molar-refractivity contribution in [2.45, 2.75) is 58.2 Å². The van der Waals surface area contributed by atoms with Crippen LogP contribution in [0.5, 0.6) is 0 Å². The fourth-order valence-electron chi connectivity index (χ4n) is 3.54. The lowest BCUT2D eigenvalue weighted by Crippen LogP contribution is -2.15.